The van der Waals surface area contributed by atoms with Crippen molar-refractivity contribution in [1.82, 2.24) is 5.43 Å². The third-order valence-corrected chi connectivity index (χ3v) is 5.51. The van der Waals surface area contributed by atoms with Crippen molar-refractivity contribution in [1.29, 1.82) is 0 Å². The second-order valence-corrected chi connectivity index (χ2v) is 8.82. The molecule has 0 aromatic heterocycles. The van der Waals surface area contributed by atoms with E-state index >= 15 is 0 Å². The maximum absolute atomic E-state index is 12.3. The zero-order valence-corrected chi connectivity index (χ0v) is 18.6. The molecule has 0 unspecified atom stereocenters. The molecule has 0 radical (unpaired) electrons. The van der Waals surface area contributed by atoms with E-state index in [9.17, 15) is 13.2 Å². The molecule has 0 saturated carbocycles. The molecule has 162 valence electrons. The van der Waals surface area contributed by atoms with Gasteiger partial charge < -0.3 is 9.47 Å². The Morgan fingerprint density at radius 3 is 2.33 bits per heavy atom. The molecule has 2 aromatic rings. The molecular formula is C21H27N3O5S. The Labute approximate surface area is 177 Å². The zero-order valence-electron chi connectivity index (χ0n) is 17.7. The van der Waals surface area contributed by atoms with Gasteiger partial charge in [-0.3, -0.25) is 9.10 Å². The summed E-state index contributed by atoms with van der Waals surface area (Å²) in [6.07, 6.45) is 2.46. The maximum atomic E-state index is 12.3. The molecule has 0 saturated heterocycles. The van der Waals surface area contributed by atoms with Crippen molar-refractivity contribution in [3.63, 3.8) is 0 Å². The number of hydrogen-bond donors (Lipinski definition) is 1. The Balaban J connectivity index is 2.13. The Kier molecular flexibility index (Phi) is 7.82. The molecule has 0 aliphatic rings. The highest BCUT2D eigenvalue weighted by Crippen LogP contribution is 2.23. The number of nitrogens with zero attached hydrogens (tertiary/aromatic N) is 2. The zero-order chi connectivity index (χ0) is 22.3. The molecule has 0 spiro atoms. The fourth-order valence-corrected chi connectivity index (χ4v) is 3.56. The molecule has 1 amide bonds. The molecule has 9 heteroatoms. The largest absolute Gasteiger partial charge is 0.497 e. The molecule has 0 bridgehead atoms. The van der Waals surface area contributed by atoms with E-state index in [4.69, 9.17) is 9.47 Å². The number of methoxy groups -OCH3 is 2. The van der Waals surface area contributed by atoms with E-state index in [0.717, 1.165) is 16.1 Å². The summed E-state index contributed by atoms with van der Waals surface area (Å²) < 4.78 is 35.9. The predicted molar refractivity (Wildman–Crippen MR) is 118 cm³/mol. The van der Waals surface area contributed by atoms with Crippen molar-refractivity contribution in [3.8, 4) is 11.5 Å². The van der Waals surface area contributed by atoms with E-state index in [0.29, 0.717) is 28.7 Å². The highest BCUT2D eigenvalue weighted by atomic mass is 32.2. The van der Waals surface area contributed by atoms with Gasteiger partial charge in [-0.25, -0.2) is 13.8 Å². The summed E-state index contributed by atoms with van der Waals surface area (Å²) in [7, 11) is -0.599. The molecule has 1 N–H and O–H groups in total. The van der Waals surface area contributed by atoms with Crippen LogP contribution in [0.5, 0.6) is 11.5 Å². The van der Waals surface area contributed by atoms with Gasteiger partial charge in [0.05, 0.1) is 32.4 Å². The average molecular weight is 434 g/mol. The van der Waals surface area contributed by atoms with Crippen molar-refractivity contribution in [3.05, 3.63) is 53.6 Å². The lowest BCUT2D eigenvalue weighted by Crippen LogP contribution is -2.39. The number of carbonyl (C=O) groups excluding carboxylic acids is 1. The van der Waals surface area contributed by atoms with Crippen LogP contribution in [0.3, 0.4) is 0 Å². The molecule has 0 heterocycles. The van der Waals surface area contributed by atoms with Crippen LogP contribution in [-0.4, -0.2) is 47.6 Å². The number of hydrogen-bond acceptors (Lipinski definition) is 6. The van der Waals surface area contributed by atoms with E-state index in [1.54, 1.807) is 30.3 Å². The van der Waals surface area contributed by atoms with Crippen LogP contribution in [0.15, 0.2) is 47.6 Å². The number of rotatable bonds is 9. The van der Waals surface area contributed by atoms with Crippen LogP contribution < -0.4 is 19.2 Å². The van der Waals surface area contributed by atoms with Gasteiger partial charge in [0, 0.05) is 5.56 Å². The summed E-state index contributed by atoms with van der Waals surface area (Å²) in [4.78, 5) is 12.3. The second kappa shape index (κ2) is 10.1. The molecule has 0 atom stereocenters. The third kappa shape index (κ3) is 6.21. The van der Waals surface area contributed by atoms with Gasteiger partial charge in [0.1, 0.15) is 18.0 Å². The van der Waals surface area contributed by atoms with Crippen LogP contribution in [0.2, 0.25) is 0 Å². The first kappa shape index (κ1) is 23.2. The minimum Gasteiger partial charge on any atom is -0.497 e. The highest BCUT2D eigenvalue weighted by molar-refractivity contribution is 7.92. The number of ether oxygens (including phenoxy) is 2. The summed E-state index contributed by atoms with van der Waals surface area (Å²) >= 11 is 0. The number of benzene rings is 2. The topological polar surface area (TPSA) is 97.3 Å². The first-order chi connectivity index (χ1) is 14.2. The summed E-state index contributed by atoms with van der Waals surface area (Å²) in [6, 6.07) is 12.2. The number of amides is 1. The van der Waals surface area contributed by atoms with Gasteiger partial charge in [-0.15, -0.1) is 0 Å². The second-order valence-electron chi connectivity index (χ2n) is 6.92. The van der Waals surface area contributed by atoms with E-state index in [1.807, 2.05) is 26.0 Å². The normalized spacial score (nSPS) is 11.5. The van der Waals surface area contributed by atoms with Crippen molar-refractivity contribution in [2.75, 3.05) is 31.3 Å². The van der Waals surface area contributed by atoms with Crippen LogP contribution in [0.25, 0.3) is 0 Å². The number of hydrazone groups is 1. The lowest BCUT2D eigenvalue weighted by atomic mass is 10.0. The SMILES string of the molecule is COc1ccc(OC)c(/C=N\NC(=O)CN(c2ccc(C(C)C)cc2)S(C)(=O)=O)c1. The molecule has 0 fully saturated rings. The van der Waals surface area contributed by atoms with E-state index in [2.05, 4.69) is 10.5 Å². The first-order valence-electron chi connectivity index (χ1n) is 9.27. The number of nitrogens with one attached hydrogen (secondary N) is 1. The van der Waals surface area contributed by atoms with Gasteiger partial charge in [0.15, 0.2) is 0 Å². The van der Waals surface area contributed by atoms with Gasteiger partial charge in [-0.2, -0.15) is 5.10 Å². The smallest absolute Gasteiger partial charge is 0.260 e. The fraction of sp³-hybridized carbons (Fsp3) is 0.333. The monoisotopic (exact) mass is 433 g/mol. The quantitative estimate of drug-likeness (QED) is 0.484. The average Bonchev–Trinajstić information content (AvgIpc) is 2.71. The van der Waals surface area contributed by atoms with E-state index in [-0.39, 0.29) is 0 Å². The highest BCUT2D eigenvalue weighted by Gasteiger charge is 2.20. The van der Waals surface area contributed by atoms with E-state index < -0.39 is 22.5 Å². The molecule has 0 aliphatic heterocycles. The lowest BCUT2D eigenvalue weighted by molar-refractivity contribution is -0.119. The fourth-order valence-electron chi connectivity index (χ4n) is 2.71. The van der Waals surface area contributed by atoms with Crippen LogP contribution in [0.1, 0.15) is 30.9 Å². The summed E-state index contributed by atoms with van der Waals surface area (Å²) in [5.41, 5.74) is 4.44. The Bertz CT molecular complexity index is 1000. The molecule has 2 rings (SSSR count). The first-order valence-corrected chi connectivity index (χ1v) is 11.1. The molecular weight excluding hydrogens is 406 g/mol. The number of sulfonamides is 1. The molecule has 2 aromatic carbocycles. The van der Waals surface area contributed by atoms with E-state index in [1.165, 1.54) is 20.4 Å². The molecule has 0 aliphatic carbocycles. The molecule has 8 nitrogen and oxygen atoms in total. The summed E-state index contributed by atoms with van der Waals surface area (Å²) in [5.74, 6) is 0.900. The standard InChI is InChI=1S/C21H27N3O5S/c1-15(2)16-6-8-18(9-7-16)24(30(5,26)27)14-21(25)23-22-13-17-12-19(28-3)10-11-20(17)29-4/h6-13,15H,14H2,1-5H3,(H,23,25)/b22-13-. The molecule has 30 heavy (non-hydrogen) atoms. The number of carbonyl (C=O) groups is 1. The maximum Gasteiger partial charge on any atom is 0.260 e. The third-order valence-electron chi connectivity index (χ3n) is 4.37. The summed E-state index contributed by atoms with van der Waals surface area (Å²) in [5, 5.41) is 3.91. The minimum absolute atomic E-state index is 0.317. The Hall–Kier alpha value is -3.07. The number of anilines is 1. The van der Waals surface area contributed by atoms with Gasteiger partial charge in [0.2, 0.25) is 10.0 Å². The van der Waals surface area contributed by atoms with Crippen molar-refractivity contribution in [2.45, 2.75) is 19.8 Å². The van der Waals surface area contributed by atoms with Crippen LogP contribution in [0, 0.1) is 0 Å². The minimum atomic E-state index is -3.66. The van der Waals surface area contributed by atoms with Gasteiger partial charge in [0.25, 0.3) is 5.91 Å². The van der Waals surface area contributed by atoms with Crippen molar-refractivity contribution in [2.24, 2.45) is 5.10 Å². The Morgan fingerprint density at radius 2 is 1.80 bits per heavy atom. The van der Waals surface area contributed by atoms with Gasteiger partial charge in [-0.05, 0) is 41.8 Å². The Morgan fingerprint density at radius 1 is 1.13 bits per heavy atom. The van der Waals surface area contributed by atoms with Crippen LogP contribution in [0.4, 0.5) is 5.69 Å². The predicted octanol–water partition coefficient (Wildman–Crippen LogP) is 2.74. The van der Waals surface area contributed by atoms with Crippen molar-refractivity contribution >= 4 is 27.8 Å². The summed E-state index contributed by atoms with van der Waals surface area (Å²) in [6.45, 7) is 3.70. The lowest BCUT2D eigenvalue weighted by Gasteiger charge is -2.21. The van der Waals surface area contributed by atoms with Crippen LogP contribution >= 0.6 is 0 Å². The van der Waals surface area contributed by atoms with Crippen LogP contribution in [-0.2, 0) is 14.8 Å². The van der Waals surface area contributed by atoms with Gasteiger partial charge in [-0.1, -0.05) is 26.0 Å². The van der Waals surface area contributed by atoms with Gasteiger partial charge >= 0.3 is 0 Å². The van der Waals surface area contributed by atoms with Crippen molar-refractivity contribution < 1.29 is 22.7 Å².